The molecule has 1 unspecified atom stereocenters. The van der Waals surface area contributed by atoms with Gasteiger partial charge in [-0.2, -0.15) is 0 Å². The number of likely N-dealkylation sites (tertiary alicyclic amines) is 1. The average Bonchev–Trinajstić information content (AvgIpc) is 2.30. The fraction of sp³-hybridized carbons (Fsp3) is 0.857. The largest absolute Gasteiger partial charge is 0.481 e. The summed E-state index contributed by atoms with van der Waals surface area (Å²) in [5, 5.41) is 11.7. The van der Waals surface area contributed by atoms with Gasteiger partial charge in [-0.25, -0.2) is 0 Å². The molecule has 1 heterocycles. The molecule has 1 rings (SSSR count). The lowest BCUT2D eigenvalue weighted by molar-refractivity contribution is -0.138. The highest BCUT2D eigenvalue weighted by atomic mass is 16.4. The molecule has 0 saturated carbocycles. The lowest BCUT2D eigenvalue weighted by atomic mass is 9.93. The Hall–Kier alpha value is -1.10. The zero-order valence-corrected chi connectivity index (χ0v) is 12.2. The first kappa shape index (κ1) is 16.0. The summed E-state index contributed by atoms with van der Waals surface area (Å²) in [5.41, 5.74) is 0. The van der Waals surface area contributed by atoms with Crippen LogP contribution in [0.25, 0.3) is 0 Å². The second-order valence-corrected chi connectivity index (χ2v) is 5.92. The Morgan fingerprint density at radius 3 is 2.32 bits per heavy atom. The quantitative estimate of drug-likeness (QED) is 0.764. The highest BCUT2D eigenvalue weighted by Gasteiger charge is 2.23. The molecule has 5 nitrogen and oxygen atoms in total. The van der Waals surface area contributed by atoms with Crippen molar-refractivity contribution in [3.8, 4) is 0 Å². The van der Waals surface area contributed by atoms with Crippen molar-refractivity contribution >= 4 is 11.9 Å². The minimum Gasteiger partial charge on any atom is -0.481 e. The number of carbonyl (C=O) groups excluding carboxylic acids is 1. The Balaban J connectivity index is 2.25. The van der Waals surface area contributed by atoms with Gasteiger partial charge in [0, 0.05) is 12.5 Å². The SMILES string of the molecule is CC(C)C(C)NC(=O)CN1CCC(CC(=O)O)CC1. The summed E-state index contributed by atoms with van der Waals surface area (Å²) in [6.07, 6.45) is 2.00. The second kappa shape index (κ2) is 7.48. The van der Waals surface area contributed by atoms with E-state index >= 15 is 0 Å². The summed E-state index contributed by atoms with van der Waals surface area (Å²) in [5.74, 6) is 0.0523. The molecule has 110 valence electrons. The number of rotatable bonds is 6. The van der Waals surface area contributed by atoms with Gasteiger partial charge in [-0.05, 0) is 44.7 Å². The molecule has 0 radical (unpaired) electrons. The van der Waals surface area contributed by atoms with E-state index in [-0.39, 0.29) is 24.3 Å². The molecular weight excluding hydrogens is 244 g/mol. The standard InChI is InChI=1S/C14H26N2O3/c1-10(2)11(3)15-13(17)9-16-6-4-12(5-7-16)8-14(18)19/h10-12H,4-9H2,1-3H3,(H,15,17)(H,18,19). The van der Waals surface area contributed by atoms with Crippen LogP contribution < -0.4 is 5.32 Å². The number of nitrogens with zero attached hydrogens (tertiary/aromatic N) is 1. The summed E-state index contributed by atoms with van der Waals surface area (Å²) >= 11 is 0. The minimum atomic E-state index is -0.720. The molecule has 1 atom stereocenters. The van der Waals surface area contributed by atoms with E-state index in [4.69, 9.17) is 5.11 Å². The number of piperidine rings is 1. The molecule has 19 heavy (non-hydrogen) atoms. The first-order valence-corrected chi connectivity index (χ1v) is 7.12. The summed E-state index contributed by atoms with van der Waals surface area (Å²) in [6, 6.07) is 0.192. The van der Waals surface area contributed by atoms with Gasteiger partial charge in [0.25, 0.3) is 0 Å². The Labute approximate surface area is 115 Å². The number of amides is 1. The maximum absolute atomic E-state index is 11.8. The molecule has 1 saturated heterocycles. The topological polar surface area (TPSA) is 69.6 Å². The third-order valence-corrected chi connectivity index (χ3v) is 3.93. The number of carboxylic acid groups (broad SMARTS) is 1. The van der Waals surface area contributed by atoms with Crippen LogP contribution in [0, 0.1) is 11.8 Å². The second-order valence-electron chi connectivity index (χ2n) is 5.92. The zero-order chi connectivity index (χ0) is 14.4. The Bertz CT molecular complexity index is 310. The van der Waals surface area contributed by atoms with Crippen LogP contribution in [0.1, 0.15) is 40.0 Å². The van der Waals surface area contributed by atoms with Crippen molar-refractivity contribution in [1.82, 2.24) is 10.2 Å². The molecule has 0 aromatic rings. The van der Waals surface area contributed by atoms with Crippen LogP contribution in [-0.2, 0) is 9.59 Å². The van der Waals surface area contributed by atoms with Crippen LogP contribution in [0.15, 0.2) is 0 Å². The Morgan fingerprint density at radius 1 is 1.26 bits per heavy atom. The molecule has 1 fully saturated rings. The summed E-state index contributed by atoms with van der Waals surface area (Å²) in [7, 11) is 0. The van der Waals surface area contributed by atoms with Gasteiger partial charge in [0.1, 0.15) is 0 Å². The molecule has 0 aromatic carbocycles. The van der Waals surface area contributed by atoms with Crippen LogP contribution in [0.3, 0.4) is 0 Å². The lowest BCUT2D eigenvalue weighted by Crippen LogP contribution is -2.45. The van der Waals surface area contributed by atoms with E-state index in [1.165, 1.54) is 0 Å². The molecular formula is C14H26N2O3. The number of hydrogen-bond acceptors (Lipinski definition) is 3. The van der Waals surface area contributed by atoms with Gasteiger partial charge >= 0.3 is 5.97 Å². The third-order valence-electron chi connectivity index (χ3n) is 3.93. The van der Waals surface area contributed by atoms with Crippen molar-refractivity contribution in [2.75, 3.05) is 19.6 Å². The Kier molecular flexibility index (Phi) is 6.28. The maximum atomic E-state index is 11.8. The number of carbonyl (C=O) groups is 2. The van der Waals surface area contributed by atoms with E-state index in [9.17, 15) is 9.59 Å². The van der Waals surface area contributed by atoms with E-state index in [1.54, 1.807) is 0 Å². The highest BCUT2D eigenvalue weighted by Crippen LogP contribution is 2.20. The smallest absolute Gasteiger partial charge is 0.303 e. The zero-order valence-electron chi connectivity index (χ0n) is 12.2. The monoisotopic (exact) mass is 270 g/mol. The van der Waals surface area contributed by atoms with Crippen LogP contribution in [0.4, 0.5) is 0 Å². The number of hydrogen-bond donors (Lipinski definition) is 2. The molecule has 1 aliphatic heterocycles. The van der Waals surface area contributed by atoms with Gasteiger partial charge in [0.2, 0.25) is 5.91 Å². The molecule has 0 spiro atoms. The fourth-order valence-electron chi connectivity index (χ4n) is 2.26. The molecule has 0 aromatic heterocycles. The van der Waals surface area contributed by atoms with Gasteiger partial charge in [-0.3, -0.25) is 14.5 Å². The molecule has 2 N–H and O–H groups in total. The lowest BCUT2D eigenvalue weighted by Gasteiger charge is -2.31. The first-order chi connectivity index (χ1) is 8.88. The minimum absolute atomic E-state index is 0.0675. The molecule has 1 amide bonds. The third kappa shape index (κ3) is 6.05. The predicted molar refractivity (Wildman–Crippen MR) is 73.9 cm³/mol. The van der Waals surface area contributed by atoms with Gasteiger partial charge in [0.15, 0.2) is 0 Å². The van der Waals surface area contributed by atoms with Gasteiger partial charge < -0.3 is 10.4 Å². The van der Waals surface area contributed by atoms with Crippen molar-refractivity contribution in [2.24, 2.45) is 11.8 Å². The van der Waals surface area contributed by atoms with E-state index in [0.29, 0.717) is 12.5 Å². The van der Waals surface area contributed by atoms with Crippen molar-refractivity contribution < 1.29 is 14.7 Å². The maximum Gasteiger partial charge on any atom is 0.303 e. The van der Waals surface area contributed by atoms with Gasteiger partial charge in [-0.1, -0.05) is 13.8 Å². The molecule has 5 heteroatoms. The van der Waals surface area contributed by atoms with Crippen LogP contribution in [0.2, 0.25) is 0 Å². The summed E-state index contributed by atoms with van der Waals surface area (Å²) in [4.78, 5) is 24.6. The molecule has 1 aliphatic rings. The van der Waals surface area contributed by atoms with Crippen molar-refractivity contribution in [1.29, 1.82) is 0 Å². The van der Waals surface area contributed by atoms with Crippen LogP contribution in [-0.4, -0.2) is 47.6 Å². The van der Waals surface area contributed by atoms with Crippen LogP contribution >= 0.6 is 0 Å². The summed E-state index contributed by atoms with van der Waals surface area (Å²) in [6.45, 7) is 8.26. The molecule has 0 bridgehead atoms. The van der Waals surface area contributed by atoms with Crippen molar-refractivity contribution in [3.63, 3.8) is 0 Å². The average molecular weight is 270 g/mol. The highest BCUT2D eigenvalue weighted by molar-refractivity contribution is 5.78. The van der Waals surface area contributed by atoms with E-state index in [0.717, 1.165) is 25.9 Å². The number of nitrogens with one attached hydrogen (secondary N) is 1. The van der Waals surface area contributed by atoms with E-state index in [1.807, 2.05) is 6.92 Å². The molecule has 0 aliphatic carbocycles. The fourth-order valence-corrected chi connectivity index (χ4v) is 2.26. The predicted octanol–water partition coefficient (Wildman–Crippen LogP) is 1.33. The van der Waals surface area contributed by atoms with E-state index in [2.05, 4.69) is 24.1 Å². The van der Waals surface area contributed by atoms with Crippen molar-refractivity contribution in [2.45, 2.75) is 46.1 Å². The van der Waals surface area contributed by atoms with Crippen molar-refractivity contribution in [3.05, 3.63) is 0 Å². The number of carboxylic acids is 1. The number of aliphatic carboxylic acids is 1. The normalized spacial score (nSPS) is 19.4. The summed E-state index contributed by atoms with van der Waals surface area (Å²) < 4.78 is 0. The first-order valence-electron chi connectivity index (χ1n) is 7.12. The van der Waals surface area contributed by atoms with Gasteiger partial charge in [0.05, 0.1) is 6.54 Å². The van der Waals surface area contributed by atoms with Crippen LogP contribution in [0.5, 0.6) is 0 Å². The van der Waals surface area contributed by atoms with Gasteiger partial charge in [-0.15, -0.1) is 0 Å². The Morgan fingerprint density at radius 2 is 1.84 bits per heavy atom. The van der Waals surface area contributed by atoms with E-state index < -0.39 is 5.97 Å².